The summed E-state index contributed by atoms with van der Waals surface area (Å²) in [5.74, 6) is -0.184. The lowest BCUT2D eigenvalue weighted by Crippen LogP contribution is -2.48. The van der Waals surface area contributed by atoms with E-state index in [9.17, 15) is 13.2 Å². The van der Waals surface area contributed by atoms with Gasteiger partial charge < -0.3 is 10.2 Å². The van der Waals surface area contributed by atoms with Gasteiger partial charge >= 0.3 is 0 Å². The molecule has 0 atom stereocenters. The maximum atomic E-state index is 13.2. The van der Waals surface area contributed by atoms with Gasteiger partial charge in [-0.1, -0.05) is 44.1 Å². The highest BCUT2D eigenvalue weighted by Gasteiger charge is 2.24. The maximum Gasteiger partial charge on any atom is 0.251 e. The Labute approximate surface area is 255 Å². The second-order valence-electron chi connectivity index (χ2n) is 10.6. The van der Waals surface area contributed by atoms with Crippen molar-refractivity contribution in [1.82, 2.24) is 19.5 Å². The second-order valence-corrected chi connectivity index (χ2v) is 13.6. The van der Waals surface area contributed by atoms with Crippen LogP contribution in [0, 0.1) is 13.8 Å². The molecule has 8 nitrogen and oxygen atoms in total. The van der Waals surface area contributed by atoms with Crippen molar-refractivity contribution in [2.75, 3.05) is 57.3 Å². The van der Waals surface area contributed by atoms with E-state index in [1.807, 2.05) is 0 Å². The number of fused-ring (bicyclic) bond motifs is 1. The normalized spacial score (nSPS) is 14.4. The molecule has 2 heterocycles. The number of unbranched alkanes of at least 4 members (excludes halogenated alkanes) is 2. The molecule has 1 N–H and O–H groups in total. The summed E-state index contributed by atoms with van der Waals surface area (Å²) in [5, 5.41) is 4.08. The number of amides is 1. The van der Waals surface area contributed by atoms with E-state index >= 15 is 0 Å². The molecular formula is C30H44ClN5O3S2. The lowest BCUT2D eigenvalue weighted by atomic mass is 10.1. The summed E-state index contributed by atoms with van der Waals surface area (Å²) in [7, 11) is -3.57. The second kappa shape index (κ2) is 15.3. The molecule has 3 aromatic rings. The van der Waals surface area contributed by atoms with E-state index in [1.165, 1.54) is 15.8 Å². The van der Waals surface area contributed by atoms with Crippen molar-refractivity contribution >= 4 is 55.0 Å². The first-order chi connectivity index (χ1) is 19.2. The van der Waals surface area contributed by atoms with Gasteiger partial charge in [-0.3, -0.25) is 9.69 Å². The number of nitrogens with zero attached hydrogens (tertiary/aromatic N) is 4. The number of aromatic nitrogens is 1. The number of nitrogens with one attached hydrogen (secondary N) is 1. The van der Waals surface area contributed by atoms with Crippen LogP contribution in [0.25, 0.3) is 10.2 Å². The summed E-state index contributed by atoms with van der Waals surface area (Å²) >= 11 is 1.77. The Kier molecular flexibility index (Phi) is 12.4. The van der Waals surface area contributed by atoms with Crippen LogP contribution < -0.4 is 10.2 Å². The summed E-state index contributed by atoms with van der Waals surface area (Å²) < 4.78 is 29.2. The first-order valence-electron chi connectivity index (χ1n) is 14.5. The molecule has 0 saturated carbocycles. The van der Waals surface area contributed by atoms with Gasteiger partial charge in [-0.2, -0.15) is 4.31 Å². The number of carbonyl (C=O) groups excluding carboxylic acids is 1. The number of carbonyl (C=O) groups is 1. The van der Waals surface area contributed by atoms with Crippen LogP contribution in [0.2, 0.25) is 0 Å². The van der Waals surface area contributed by atoms with Crippen molar-refractivity contribution in [2.45, 2.75) is 58.3 Å². The Hall–Kier alpha value is -2.24. The van der Waals surface area contributed by atoms with Crippen molar-refractivity contribution in [3.63, 3.8) is 0 Å². The highest BCUT2D eigenvalue weighted by Crippen LogP contribution is 2.32. The summed E-state index contributed by atoms with van der Waals surface area (Å²) in [4.78, 5) is 22.6. The van der Waals surface area contributed by atoms with E-state index in [0.29, 0.717) is 25.2 Å². The van der Waals surface area contributed by atoms with Crippen LogP contribution in [0.1, 0.15) is 61.0 Å². The van der Waals surface area contributed by atoms with Gasteiger partial charge in [0.15, 0.2) is 5.13 Å². The molecule has 11 heteroatoms. The first kappa shape index (κ1) is 33.3. The fourth-order valence-electron chi connectivity index (χ4n) is 5.04. The number of thiazole rings is 1. The van der Waals surface area contributed by atoms with Crippen LogP contribution >= 0.6 is 23.7 Å². The number of hydrogen-bond donors (Lipinski definition) is 1. The molecular weight excluding hydrogens is 578 g/mol. The number of aryl methyl sites for hydroxylation is 2. The zero-order valence-electron chi connectivity index (χ0n) is 24.7. The molecule has 0 bridgehead atoms. The predicted octanol–water partition coefficient (Wildman–Crippen LogP) is 5.48. The average molecular weight is 622 g/mol. The third-order valence-corrected chi connectivity index (χ3v) is 10.6. The molecule has 1 amide bonds. The van der Waals surface area contributed by atoms with Crippen molar-refractivity contribution in [3.05, 3.63) is 53.1 Å². The van der Waals surface area contributed by atoms with Crippen LogP contribution in [0.3, 0.4) is 0 Å². The highest BCUT2D eigenvalue weighted by molar-refractivity contribution is 7.89. The third kappa shape index (κ3) is 8.41. The van der Waals surface area contributed by atoms with Gasteiger partial charge in [0.05, 0.1) is 15.1 Å². The van der Waals surface area contributed by atoms with Crippen LogP contribution in [0.4, 0.5) is 5.13 Å². The topological polar surface area (TPSA) is 85.8 Å². The van der Waals surface area contributed by atoms with E-state index in [4.69, 9.17) is 4.98 Å². The van der Waals surface area contributed by atoms with Crippen molar-refractivity contribution in [1.29, 1.82) is 0 Å². The lowest BCUT2D eigenvalue weighted by molar-refractivity contribution is 0.0947. The number of anilines is 1. The summed E-state index contributed by atoms with van der Waals surface area (Å²) in [6, 6.07) is 10.7. The van der Waals surface area contributed by atoms with Gasteiger partial charge in [-0.15, -0.1) is 12.4 Å². The fraction of sp³-hybridized carbons (Fsp3) is 0.533. The van der Waals surface area contributed by atoms with Crippen molar-refractivity contribution in [3.8, 4) is 0 Å². The van der Waals surface area contributed by atoms with E-state index in [0.717, 1.165) is 69.1 Å². The highest BCUT2D eigenvalue weighted by atomic mass is 35.5. The fourth-order valence-corrected chi connectivity index (χ4v) is 7.63. The maximum absolute atomic E-state index is 13.2. The monoisotopic (exact) mass is 621 g/mol. The molecule has 0 aliphatic carbocycles. The molecule has 0 radical (unpaired) electrons. The van der Waals surface area contributed by atoms with Crippen LogP contribution in [-0.4, -0.2) is 80.9 Å². The minimum absolute atomic E-state index is 0. The molecule has 2 aromatic carbocycles. The third-order valence-electron chi connectivity index (χ3n) is 7.44. The number of sulfonamides is 1. The number of piperazine rings is 1. The molecule has 1 saturated heterocycles. The molecule has 1 aliphatic heterocycles. The van der Waals surface area contributed by atoms with E-state index < -0.39 is 10.0 Å². The lowest BCUT2D eigenvalue weighted by Gasteiger charge is -2.34. The first-order valence-corrected chi connectivity index (χ1v) is 16.7. The molecule has 1 fully saturated rings. The van der Waals surface area contributed by atoms with E-state index in [-0.39, 0.29) is 23.2 Å². The Morgan fingerprint density at radius 3 is 2.24 bits per heavy atom. The quantitative estimate of drug-likeness (QED) is 0.272. The smallest absolute Gasteiger partial charge is 0.251 e. The zero-order chi connectivity index (χ0) is 28.7. The molecule has 4 rings (SSSR count). The number of halogens is 1. The minimum Gasteiger partial charge on any atom is -0.351 e. The van der Waals surface area contributed by atoms with Gasteiger partial charge in [0.2, 0.25) is 10.0 Å². The van der Waals surface area contributed by atoms with Gasteiger partial charge in [0.1, 0.15) is 0 Å². The predicted molar refractivity (Wildman–Crippen MR) is 172 cm³/mol. The number of benzene rings is 2. The number of hydrogen-bond acceptors (Lipinski definition) is 7. The van der Waals surface area contributed by atoms with Gasteiger partial charge in [-0.25, -0.2) is 13.4 Å². The van der Waals surface area contributed by atoms with Crippen molar-refractivity contribution < 1.29 is 13.2 Å². The Balaban J connectivity index is 0.00000462. The van der Waals surface area contributed by atoms with Gasteiger partial charge in [0.25, 0.3) is 5.91 Å². The summed E-state index contributed by atoms with van der Waals surface area (Å²) in [6.07, 6.45) is 3.55. The summed E-state index contributed by atoms with van der Waals surface area (Å²) in [6.45, 7) is 14.4. The molecule has 0 spiro atoms. The Morgan fingerprint density at radius 2 is 1.63 bits per heavy atom. The summed E-state index contributed by atoms with van der Waals surface area (Å²) in [5.41, 5.74) is 4.08. The standard InChI is InChI=1S/C30H43N5O3S2.ClH/c1-5-7-14-35(15-8-6-2)40(37,38)26-11-9-25(10-12-26)29(36)31-13-16-33-17-19-34(20-18-33)30-32-27-22-23(3)21-24(4)28(27)39-30;/h9-12,21-22H,5-8,13-20H2,1-4H3,(H,31,36);1H. The molecule has 226 valence electrons. The zero-order valence-corrected chi connectivity index (χ0v) is 27.1. The van der Waals surface area contributed by atoms with Crippen LogP contribution in [0.15, 0.2) is 41.3 Å². The van der Waals surface area contributed by atoms with Gasteiger partial charge in [0, 0.05) is 57.9 Å². The molecule has 1 aromatic heterocycles. The average Bonchev–Trinajstić information content (AvgIpc) is 3.38. The van der Waals surface area contributed by atoms with Gasteiger partial charge in [-0.05, 0) is 68.1 Å². The van der Waals surface area contributed by atoms with E-state index in [2.05, 4.69) is 54.9 Å². The SMILES string of the molecule is CCCCN(CCCC)S(=O)(=O)c1ccc(C(=O)NCCN2CCN(c3nc4cc(C)cc(C)c4s3)CC2)cc1.Cl. The largest absolute Gasteiger partial charge is 0.351 e. The Morgan fingerprint density at radius 1 is 1.00 bits per heavy atom. The minimum atomic E-state index is -3.57. The van der Waals surface area contributed by atoms with E-state index in [1.54, 1.807) is 39.9 Å². The van der Waals surface area contributed by atoms with Crippen molar-refractivity contribution in [2.24, 2.45) is 0 Å². The van der Waals surface area contributed by atoms with Crippen LogP contribution in [-0.2, 0) is 10.0 Å². The number of rotatable bonds is 13. The Bertz CT molecular complexity index is 1380. The molecule has 1 aliphatic rings. The molecule has 41 heavy (non-hydrogen) atoms. The molecule has 0 unspecified atom stereocenters. The van der Waals surface area contributed by atoms with Crippen LogP contribution in [0.5, 0.6) is 0 Å².